The van der Waals surface area contributed by atoms with Crippen LogP contribution in [0.1, 0.15) is 21.7 Å². The highest BCUT2D eigenvalue weighted by molar-refractivity contribution is 7.15. The zero-order valence-corrected chi connectivity index (χ0v) is 19.6. The minimum Gasteiger partial charge on any atom is -0.493 e. The van der Waals surface area contributed by atoms with E-state index in [2.05, 4.69) is 10.3 Å². The Morgan fingerprint density at radius 3 is 2.63 bits per heavy atom. The first kappa shape index (κ1) is 23.9. The van der Waals surface area contributed by atoms with E-state index in [4.69, 9.17) is 14.2 Å². The zero-order chi connectivity index (χ0) is 24.9. The van der Waals surface area contributed by atoms with Crippen LogP contribution in [0.15, 0.2) is 58.7 Å². The summed E-state index contributed by atoms with van der Waals surface area (Å²) in [7, 11) is 1.39. The van der Waals surface area contributed by atoms with Gasteiger partial charge in [-0.25, -0.2) is 14.2 Å². The number of esters is 1. The normalized spacial score (nSPS) is 10.7. The smallest absolute Gasteiger partial charge is 0.338 e. The third kappa shape index (κ3) is 5.64. The summed E-state index contributed by atoms with van der Waals surface area (Å²) in [5.41, 5.74) is 1.49. The van der Waals surface area contributed by atoms with Gasteiger partial charge in [0, 0.05) is 22.8 Å². The fourth-order valence-electron chi connectivity index (χ4n) is 3.19. The Bertz CT molecular complexity index is 1450. The molecule has 0 spiro atoms. The van der Waals surface area contributed by atoms with Gasteiger partial charge in [-0.2, -0.15) is 0 Å². The van der Waals surface area contributed by atoms with E-state index < -0.39 is 17.7 Å². The van der Waals surface area contributed by atoms with Crippen LogP contribution in [0.2, 0.25) is 0 Å². The number of fused-ring (bicyclic) bond motifs is 1. The minimum absolute atomic E-state index is 0.175. The number of benzene rings is 2. The summed E-state index contributed by atoms with van der Waals surface area (Å²) in [5.74, 6) is -1.05. The number of carbonyl (C=O) groups is 2. The summed E-state index contributed by atoms with van der Waals surface area (Å²) in [6.45, 7) is 1.31. The molecule has 2 heterocycles. The Hall–Kier alpha value is -4.25. The number of rotatable bonds is 8. The van der Waals surface area contributed by atoms with Crippen LogP contribution in [-0.2, 0) is 16.1 Å². The number of hydrogen-bond acceptors (Lipinski definition) is 8. The highest BCUT2D eigenvalue weighted by Crippen LogP contribution is 2.28. The lowest BCUT2D eigenvalue weighted by atomic mass is 10.2. The van der Waals surface area contributed by atoms with E-state index in [1.807, 2.05) is 12.3 Å². The molecule has 0 saturated heterocycles. The third-order valence-corrected chi connectivity index (χ3v) is 5.81. The number of amides is 1. The van der Waals surface area contributed by atoms with E-state index >= 15 is 0 Å². The number of aromatic nitrogens is 2. The van der Waals surface area contributed by atoms with Gasteiger partial charge in [-0.05, 0) is 49.4 Å². The number of aryl methyl sites for hydroxylation is 1. The molecule has 35 heavy (non-hydrogen) atoms. The number of nitrogens with zero attached hydrogens (tertiary/aromatic N) is 2. The van der Waals surface area contributed by atoms with E-state index in [0.717, 1.165) is 5.69 Å². The monoisotopic (exact) mass is 497 g/mol. The van der Waals surface area contributed by atoms with Crippen LogP contribution >= 0.6 is 11.3 Å². The van der Waals surface area contributed by atoms with E-state index in [1.165, 1.54) is 71.4 Å². The summed E-state index contributed by atoms with van der Waals surface area (Å²) in [4.78, 5) is 41.8. The van der Waals surface area contributed by atoms with Crippen LogP contribution in [0.4, 0.5) is 10.1 Å². The second-order valence-corrected chi connectivity index (χ2v) is 8.20. The molecule has 4 rings (SSSR count). The standard InChI is InChI=1S/C24H20FN3O6S/c1-14-13-35-24-27-18(10-22(30)28(14)24)11-34-23(31)15-3-8-19(20(9-15)32-2)33-12-21(29)26-17-6-4-16(25)5-7-17/h3-10,13H,11-12H2,1-2H3,(H,26,29). The molecule has 0 aliphatic rings. The van der Waals surface area contributed by atoms with Crippen LogP contribution < -0.4 is 20.3 Å². The quantitative estimate of drug-likeness (QED) is 0.371. The van der Waals surface area contributed by atoms with Crippen molar-refractivity contribution >= 4 is 33.9 Å². The third-order valence-electron chi connectivity index (χ3n) is 4.87. The number of methoxy groups -OCH3 is 1. The molecule has 1 N–H and O–H groups in total. The number of nitrogens with one attached hydrogen (secondary N) is 1. The number of anilines is 1. The SMILES string of the molecule is COc1cc(C(=O)OCc2cc(=O)n3c(C)csc3n2)ccc1OCC(=O)Nc1ccc(F)cc1. The van der Waals surface area contributed by atoms with Gasteiger partial charge < -0.3 is 19.5 Å². The summed E-state index contributed by atoms with van der Waals surface area (Å²) in [5, 5.41) is 4.40. The van der Waals surface area contributed by atoms with Crippen LogP contribution in [-0.4, -0.2) is 35.0 Å². The molecular weight excluding hydrogens is 477 g/mol. The molecule has 9 nitrogen and oxygen atoms in total. The van der Waals surface area contributed by atoms with Crippen molar-refractivity contribution in [2.75, 3.05) is 19.0 Å². The van der Waals surface area contributed by atoms with E-state index in [1.54, 1.807) is 0 Å². The Kier molecular flexibility index (Phi) is 7.06. The molecule has 2 aromatic heterocycles. The first-order chi connectivity index (χ1) is 16.8. The zero-order valence-electron chi connectivity index (χ0n) is 18.7. The molecule has 0 radical (unpaired) electrons. The fraction of sp³-hybridized carbons (Fsp3) is 0.167. The van der Waals surface area contributed by atoms with Gasteiger partial charge in [-0.3, -0.25) is 14.0 Å². The molecular formula is C24H20FN3O6S. The van der Waals surface area contributed by atoms with Crippen molar-refractivity contribution in [3.8, 4) is 11.5 Å². The number of carbonyl (C=O) groups excluding carboxylic acids is 2. The Morgan fingerprint density at radius 1 is 1.11 bits per heavy atom. The molecule has 2 aromatic carbocycles. The van der Waals surface area contributed by atoms with Gasteiger partial charge in [-0.1, -0.05) is 0 Å². The van der Waals surface area contributed by atoms with Crippen molar-refractivity contribution in [3.05, 3.63) is 87.0 Å². The van der Waals surface area contributed by atoms with Gasteiger partial charge in [0.25, 0.3) is 11.5 Å². The lowest BCUT2D eigenvalue weighted by Crippen LogP contribution is -2.20. The van der Waals surface area contributed by atoms with Crippen molar-refractivity contribution in [3.63, 3.8) is 0 Å². The highest BCUT2D eigenvalue weighted by atomic mass is 32.1. The van der Waals surface area contributed by atoms with Crippen LogP contribution in [0.5, 0.6) is 11.5 Å². The molecule has 0 aliphatic heterocycles. The van der Waals surface area contributed by atoms with Gasteiger partial charge in [-0.15, -0.1) is 11.3 Å². The molecule has 0 unspecified atom stereocenters. The average Bonchev–Trinajstić information content (AvgIpc) is 3.23. The Balaban J connectivity index is 1.37. The summed E-state index contributed by atoms with van der Waals surface area (Å²) in [6, 6.07) is 11.0. The summed E-state index contributed by atoms with van der Waals surface area (Å²) < 4.78 is 30.5. The molecule has 1 amide bonds. The largest absolute Gasteiger partial charge is 0.493 e. The summed E-state index contributed by atoms with van der Waals surface area (Å²) in [6.07, 6.45) is 0. The molecule has 4 aromatic rings. The number of hydrogen-bond donors (Lipinski definition) is 1. The van der Waals surface area contributed by atoms with Crippen LogP contribution in [0, 0.1) is 12.7 Å². The van der Waals surface area contributed by atoms with Gasteiger partial charge >= 0.3 is 5.97 Å². The predicted molar refractivity (Wildman–Crippen MR) is 127 cm³/mol. The van der Waals surface area contributed by atoms with Crippen LogP contribution in [0.25, 0.3) is 4.96 Å². The lowest BCUT2D eigenvalue weighted by Gasteiger charge is -2.12. The van der Waals surface area contributed by atoms with Gasteiger partial charge in [0.15, 0.2) is 23.1 Å². The first-order valence-corrected chi connectivity index (χ1v) is 11.2. The first-order valence-electron chi connectivity index (χ1n) is 10.3. The fourth-order valence-corrected chi connectivity index (χ4v) is 4.08. The maximum Gasteiger partial charge on any atom is 0.338 e. The van der Waals surface area contributed by atoms with Crippen LogP contribution in [0.3, 0.4) is 0 Å². The minimum atomic E-state index is -0.645. The molecule has 11 heteroatoms. The van der Waals surface area contributed by atoms with Crippen molar-refractivity contribution in [2.45, 2.75) is 13.5 Å². The second kappa shape index (κ2) is 10.3. The maximum absolute atomic E-state index is 13.0. The molecule has 0 aliphatic carbocycles. The number of thiazole rings is 1. The van der Waals surface area contributed by atoms with E-state index in [-0.39, 0.29) is 35.8 Å². The molecule has 0 atom stereocenters. The molecule has 0 bridgehead atoms. The Labute approximate surface area is 202 Å². The molecule has 0 saturated carbocycles. The van der Waals surface area contributed by atoms with E-state index in [0.29, 0.717) is 16.3 Å². The highest BCUT2D eigenvalue weighted by Gasteiger charge is 2.15. The number of ether oxygens (including phenoxy) is 3. The Morgan fingerprint density at radius 2 is 1.89 bits per heavy atom. The second-order valence-electron chi connectivity index (χ2n) is 7.37. The molecule has 0 fully saturated rings. The van der Waals surface area contributed by atoms with Crippen molar-refractivity contribution in [1.29, 1.82) is 0 Å². The lowest BCUT2D eigenvalue weighted by molar-refractivity contribution is -0.118. The van der Waals surface area contributed by atoms with Crippen molar-refractivity contribution in [2.24, 2.45) is 0 Å². The predicted octanol–water partition coefficient (Wildman–Crippen LogP) is 3.59. The maximum atomic E-state index is 13.0. The molecule has 180 valence electrons. The van der Waals surface area contributed by atoms with Crippen molar-refractivity contribution in [1.82, 2.24) is 9.38 Å². The summed E-state index contributed by atoms with van der Waals surface area (Å²) >= 11 is 1.32. The number of halogens is 1. The van der Waals surface area contributed by atoms with Gasteiger partial charge in [0.1, 0.15) is 12.4 Å². The average molecular weight is 498 g/mol. The van der Waals surface area contributed by atoms with Gasteiger partial charge in [0.05, 0.1) is 18.4 Å². The van der Waals surface area contributed by atoms with E-state index in [9.17, 15) is 18.8 Å². The topological polar surface area (TPSA) is 108 Å². The van der Waals surface area contributed by atoms with Crippen molar-refractivity contribution < 1.29 is 28.2 Å². The van der Waals surface area contributed by atoms with Gasteiger partial charge in [0.2, 0.25) is 0 Å².